The van der Waals surface area contributed by atoms with Gasteiger partial charge in [0.15, 0.2) is 5.82 Å². The standard InChI is InChI=1S/C11H10N4O2/c1-12-10-8(11(16)17)6-14-9(15-10)7-2-4-13-5-3-7/h2-6H,1H3,(H,16,17)(H,12,14,15). The molecule has 0 aliphatic heterocycles. The molecule has 0 fully saturated rings. The third-order valence-corrected chi connectivity index (χ3v) is 2.19. The van der Waals surface area contributed by atoms with Gasteiger partial charge in [0.05, 0.1) is 0 Å². The highest BCUT2D eigenvalue weighted by Crippen LogP contribution is 2.18. The van der Waals surface area contributed by atoms with Gasteiger partial charge in [0.2, 0.25) is 0 Å². The smallest absolute Gasteiger partial charge is 0.341 e. The van der Waals surface area contributed by atoms with Gasteiger partial charge in [-0.15, -0.1) is 0 Å². The molecule has 0 saturated carbocycles. The summed E-state index contributed by atoms with van der Waals surface area (Å²) in [6.45, 7) is 0. The molecule has 0 aliphatic rings. The maximum atomic E-state index is 10.9. The van der Waals surface area contributed by atoms with Crippen LogP contribution in [0.2, 0.25) is 0 Å². The molecular weight excluding hydrogens is 220 g/mol. The zero-order valence-corrected chi connectivity index (χ0v) is 9.08. The van der Waals surface area contributed by atoms with Crippen molar-refractivity contribution in [3.63, 3.8) is 0 Å². The average molecular weight is 230 g/mol. The van der Waals surface area contributed by atoms with E-state index >= 15 is 0 Å². The molecule has 2 aromatic rings. The molecule has 17 heavy (non-hydrogen) atoms. The predicted octanol–water partition coefficient (Wildman–Crippen LogP) is 1.28. The van der Waals surface area contributed by atoms with Crippen LogP contribution in [0.15, 0.2) is 30.7 Å². The number of hydrogen-bond donors (Lipinski definition) is 2. The molecule has 2 rings (SSSR count). The molecular formula is C11H10N4O2. The molecule has 0 unspecified atom stereocenters. The molecule has 0 saturated heterocycles. The highest BCUT2D eigenvalue weighted by Gasteiger charge is 2.12. The number of nitrogens with one attached hydrogen (secondary N) is 1. The van der Waals surface area contributed by atoms with Crippen molar-refractivity contribution in [2.75, 3.05) is 12.4 Å². The van der Waals surface area contributed by atoms with E-state index in [2.05, 4.69) is 20.3 Å². The molecule has 0 spiro atoms. The molecule has 0 radical (unpaired) electrons. The number of carbonyl (C=O) groups is 1. The molecule has 6 nitrogen and oxygen atoms in total. The summed E-state index contributed by atoms with van der Waals surface area (Å²) in [7, 11) is 1.62. The van der Waals surface area contributed by atoms with E-state index < -0.39 is 5.97 Å². The zero-order valence-electron chi connectivity index (χ0n) is 9.08. The van der Waals surface area contributed by atoms with Crippen LogP contribution in [0, 0.1) is 0 Å². The van der Waals surface area contributed by atoms with Crippen molar-refractivity contribution in [3.8, 4) is 11.4 Å². The van der Waals surface area contributed by atoms with Crippen molar-refractivity contribution in [1.82, 2.24) is 15.0 Å². The van der Waals surface area contributed by atoms with Gasteiger partial charge in [0.25, 0.3) is 0 Å². The Morgan fingerprint density at radius 1 is 1.35 bits per heavy atom. The van der Waals surface area contributed by atoms with Gasteiger partial charge in [-0.25, -0.2) is 14.8 Å². The van der Waals surface area contributed by atoms with E-state index in [0.29, 0.717) is 11.6 Å². The Labute approximate surface area is 97.4 Å². The minimum atomic E-state index is -1.06. The fourth-order valence-electron chi connectivity index (χ4n) is 1.37. The van der Waals surface area contributed by atoms with E-state index in [9.17, 15) is 4.79 Å². The summed E-state index contributed by atoms with van der Waals surface area (Å²) in [4.78, 5) is 23.0. The molecule has 0 aliphatic carbocycles. The number of carboxylic acid groups (broad SMARTS) is 1. The maximum Gasteiger partial charge on any atom is 0.341 e. The summed E-state index contributed by atoms with van der Waals surface area (Å²) >= 11 is 0. The van der Waals surface area contributed by atoms with E-state index in [4.69, 9.17) is 5.11 Å². The van der Waals surface area contributed by atoms with Crippen LogP contribution in [0.25, 0.3) is 11.4 Å². The summed E-state index contributed by atoms with van der Waals surface area (Å²) in [5.41, 5.74) is 0.832. The van der Waals surface area contributed by atoms with Crippen LogP contribution in [0.3, 0.4) is 0 Å². The lowest BCUT2D eigenvalue weighted by Gasteiger charge is -2.06. The number of nitrogens with zero attached hydrogens (tertiary/aromatic N) is 3. The predicted molar refractivity (Wildman–Crippen MR) is 61.8 cm³/mol. The van der Waals surface area contributed by atoms with Crippen molar-refractivity contribution >= 4 is 11.8 Å². The normalized spacial score (nSPS) is 9.94. The number of anilines is 1. The van der Waals surface area contributed by atoms with Crippen molar-refractivity contribution in [3.05, 3.63) is 36.3 Å². The Morgan fingerprint density at radius 2 is 2.06 bits per heavy atom. The molecule has 0 aromatic carbocycles. The van der Waals surface area contributed by atoms with E-state index in [1.54, 1.807) is 31.6 Å². The summed E-state index contributed by atoms with van der Waals surface area (Å²) < 4.78 is 0. The second-order valence-corrected chi connectivity index (χ2v) is 3.25. The Balaban J connectivity index is 2.49. The second-order valence-electron chi connectivity index (χ2n) is 3.25. The maximum absolute atomic E-state index is 10.9. The number of aromatic nitrogens is 3. The monoisotopic (exact) mass is 230 g/mol. The number of hydrogen-bond acceptors (Lipinski definition) is 5. The largest absolute Gasteiger partial charge is 0.477 e. The van der Waals surface area contributed by atoms with Crippen molar-refractivity contribution in [1.29, 1.82) is 0 Å². The van der Waals surface area contributed by atoms with Crippen molar-refractivity contribution < 1.29 is 9.90 Å². The minimum absolute atomic E-state index is 0.0466. The van der Waals surface area contributed by atoms with Crippen molar-refractivity contribution in [2.45, 2.75) is 0 Å². The van der Waals surface area contributed by atoms with Crippen LogP contribution in [-0.2, 0) is 0 Å². The van der Waals surface area contributed by atoms with E-state index in [1.807, 2.05) is 0 Å². The Bertz CT molecular complexity index is 542. The van der Waals surface area contributed by atoms with Gasteiger partial charge in [0.1, 0.15) is 11.4 Å². The summed E-state index contributed by atoms with van der Waals surface area (Å²) in [6, 6.07) is 3.52. The minimum Gasteiger partial charge on any atom is -0.477 e. The second kappa shape index (κ2) is 4.56. The van der Waals surface area contributed by atoms with Gasteiger partial charge < -0.3 is 10.4 Å². The van der Waals surface area contributed by atoms with Gasteiger partial charge in [-0.2, -0.15) is 0 Å². The topological polar surface area (TPSA) is 88.0 Å². The third kappa shape index (κ3) is 2.20. The van der Waals surface area contributed by atoms with E-state index in [1.165, 1.54) is 6.20 Å². The van der Waals surface area contributed by atoms with Crippen LogP contribution < -0.4 is 5.32 Å². The highest BCUT2D eigenvalue weighted by atomic mass is 16.4. The van der Waals surface area contributed by atoms with Crippen LogP contribution in [0.1, 0.15) is 10.4 Å². The van der Waals surface area contributed by atoms with Crippen LogP contribution in [0.5, 0.6) is 0 Å². The lowest BCUT2D eigenvalue weighted by Crippen LogP contribution is -2.07. The zero-order chi connectivity index (χ0) is 12.3. The molecule has 0 amide bonds. The quantitative estimate of drug-likeness (QED) is 0.825. The Kier molecular flexibility index (Phi) is 2.95. The molecule has 0 bridgehead atoms. The highest BCUT2D eigenvalue weighted by molar-refractivity contribution is 5.93. The van der Waals surface area contributed by atoms with Crippen LogP contribution in [0.4, 0.5) is 5.82 Å². The van der Waals surface area contributed by atoms with Gasteiger partial charge >= 0.3 is 5.97 Å². The number of pyridine rings is 1. The number of rotatable bonds is 3. The summed E-state index contributed by atoms with van der Waals surface area (Å²) in [6.07, 6.45) is 4.54. The average Bonchev–Trinajstić information content (AvgIpc) is 2.39. The molecule has 6 heteroatoms. The Hall–Kier alpha value is -2.50. The molecule has 2 aromatic heterocycles. The van der Waals surface area contributed by atoms with Crippen molar-refractivity contribution in [2.24, 2.45) is 0 Å². The fourth-order valence-corrected chi connectivity index (χ4v) is 1.37. The first-order chi connectivity index (χ1) is 8.22. The fraction of sp³-hybridized carbons (Fsp3) is 0.0909. The first kappa shape index (κ1) is 11.0. The van der Waals surface area contributed by atoms with Crippen LogP contribution in [-0.4, -0.2) is 33.1 Å². The summed E-state index contributed by atoms with van der Waals surface area (Å²) in [5.74, 6) is -0.309. The SMILES string of the molecule is CNc1nc(-c2ccncc2)ncc1C(=O)O. The molecule has 2 heterocycles. The van der Waals surface area contributed by atoms with Gasteiger partial charge in [-0.3, -0.25) is 4.98 Å². The van der Waals surface area contributed by atoms with E-state index in [0.717, 1.165) is 5.56 Å². The first-order valence-electron chi connectivity index (χ1n) is 4.91. The summed E-state index contributed by atoms with van der Waals surface area (Å²) in [5, 5.41) is 11.7. The third-order valence-electron chi connectivity index (χ3n) is 2.19. The van der Waals surface area contributed by atoms with Gasteiger partial charge in [0, 0.05) is 31.2 Å². The molecule has 2 N–H and O–H groups in total. The Morgan fingerprint density at radius 3 is 2.65 bits per heavy atom. The number of carboxylic acids is 1. The lowest BCUT2D eigenvalue weighted by atomic mass is 10.2. The molecule has 86 valence electrons. The van der Waals surface area contributed by atoms with Gasteiger partial charge in [-0.05, 0) is 12.1 Å². The van der Waals surface area contributed by atoms with Crippen LogP contribution >= 0.6 is 0 Å². The first-order valence-corrected chi connectivity index (χ1v) is 4.91. The number of aromatic carboxylic acids is 1. The van der Waals surface area contributed by atoms with E-state index in [-0.39, 0.29) is 5.56 Å². The molecule has 0 atom stereocenters. The van der Waals surface area contributed by atoms with Gasteiger partial charge in [-0.1, -0.05) is 0 Å². The lowest BCUT2D eigenvalue weighted by molar-refractivity contribution is 0.0697.